The lowest BCUT2D eigenvalue weighted by Crippen LogP contribution is -2.56. The number of alkyl halides is 2. The number of aryl methyl sites for hydroxylation is 1. The summed E-state index contributed by atoms with van der Waals surface area (Å²) in [6.45, 7) is 1.90. The fourth-order valence-electron chi connectivity index (χ4n) is 5.64. The summed E-state index contributed by atoms with van der Waals surface area (Å²) in [5.74, 6) is -1.58. The van der Waals surface area contributed by atoms with Gasteiger partial charge in [-0.25, -0.2) is 4.90 Å². The van der Waals surface area contributed by atoms with Gasteiger partial charge in [0.25, 0.3) is 0 Å². The third-order valence-corrected chi connectivity index (χ3v) is 10.1. The average molecular weight is 558 g/mol. The van der Waals surface area contributed by atoms with Crippen LogP contribution in [0.25, 0.3) is 0 Å². The number of carbonyl (C=O) groups is 2. The Hall–Kier alpha value is -1.95. The maximum atomic E-state index is 13.9. The van der Waals surface area contributed by atoms with Crippen molar-refractivity contribution in [3.8, 4) is 0 Å². The van der Waals surface area contributed by atoms with E-state index in [0.29, 0.717) is 10.7 Å². The highest BCUT2D eigenvalue weighted by atomic mass is 79.9. The van der Waals surface area contributed by atoms with Crippen LogP contribution in [0.2, 0.25) is 5.02 Å². The first kappa shape index (κ1) is 19.7. The van der Waals surface area contributed by atoms with Crippen LogP contribution in [-0.4, -0.2) is 11.8 Å². The molecule has 4 aliphatic rings. The number of imide groups is 1. The Labute approximate surface area is 201 Å². The highest BCUT2D eigenvalue weighted by Crippen LogP contribution is 2.70. The zero-order valence-corrected chi connectivity index (χ0v) is 20.3. The number of carbonyl (C=O) groups excluding carboxylic acids is 2. The molecule has 1 saturated heterocycles. The van der Waals surface area contributed by atoms with Crippen molar-refractivity contribution in [3.63, 3.8) is 0 Å². The molecule has 0 saturated carbocycles. The number of rotatable bonds is 1. The molecular formula is C25H16Br2ClNO2. The van der Waals surface area contributed by atoms with Crippen molar-refractivity contribution in [2.75, 3.05) is 4.90 Å². The molecule has 7 rings (SSSR count). The third-order valence-electron chi connectivity index (χ3n) is 7.00. The molecule has 1 aliphatic heterocycles. The minimum absolute atomic E-state index is 0.209. The Morgan fingerprint density at radius 3 is 1.58 bits per heavy atom. The molecule has 0 spiro atoms. The largest absolute Gasteiger partial charge is 0.274 e. The van der Waals surface area contributed by atoms with Gasteiger partial charge in [0.15, 0.2) is 0 Å². The van der Waals surface area contributed by atoms with Crippen LogP contribution in [-0.2, 0) is 18.2 Å². The minimum Gasteiger partial charge on any atom is -0.274 e. The number of hydrogen-bond donors (Lipinski definition) is 0. The van der Waals surface area contributed by atoms with Crippen LogP contribution in [0.3, 0.4) is 0 Å². The molecule has 3 aromatic rings. The fourth-order valence-corrected chi connectivity index (χ4v) is 8.12. The fraction of sp³-hybridized carbons (Fsp3) is 0.200. The molecule has 2 atom stereocenters. The van der Waals surface area contributed by atoms with E-state index in [-0.39, 0.29) is 11.8 Å². The molecule has 3 aliphatic carbocycles. The lowest BCUT2D eigenvalue weighted by molar-refractivity contribution is -0.122. The third kappa shape index (κ3) is 2.20. The Morgan fingerprint density at radius 2 is 1.19 bits per heavy atom. The number of amides is 2. The molecule has 0 N–H and O–H groups in total. The molecule has 1 heterocycles. The van der Waals surface area contributed by atoms with Crippen molar-refractivity contribution in [1.29, 1.82) is 0 Å². The van der Waals surface area contributed by atoms with Gasteiger partial charge in [0.2, 0.25) is 11.8 Å². The summed E-state index contributed by atoms with van der Waals surface area (Å²) in [6.07, 6.45) is 0. The first-order valence-electron chi connectivity index (χ1n) is 10.0. The van der Waals surface area contributed by atoms with Crippen LogP contribution in [0.4, 0.5) is 5.69 Å². The Morgan fingerprint density at radius 1 is 0.774 bits per heavy atom. The number of hydrogen-bond acceptors (Lipinski definition) is 2. The van der Waals surface area contributed by atoms with E-state index in [1.807, 2.05) is 37.3 Å². The predicted molar refractivity (Wildman–Crippen MR) is 128 cm³/mol. The predicted octanol–water partition coefficient (Wildman–Crippen LogP) is 6.06. The van der Waals surface area contributed by atoms with Gasteiger partial charge in [-0.15, -0.1) is 0 Å². The maximum absolute atomic E-state index is 13.9. The average Bonchev–Trinajstić information content (AvgIpc) is 3.05. The van der Waals surface area contributed by atoms with Crippen LogP contribution in [0.1, 0.15) is 27.8 Å². The van der Waals surface area contributed by atoms with Crippen LogP contribution in [0.5, 0.6) is 0 Å². The van der Waals surface area contributed by atoms with Crippen molar-refractivity contribution in [1.82, 2.24) is 0 Å². The molecule has 0 unspecified atom stereocenters. The first-order chi connectivity index (χ1) is 14.8. The SMILES string of the molecule is Cc1ccc(N2C(=O)[C@@H]3[C@@H](C2=O)C2(Br)c4ccccc4C3(Br)c3ccccc32)cc1Cl. The van der Waals surface area contributed by atoms with E-state index in [1.54, 1.807) is 12.1 Å². The van der Waals surface area contributed by atoms with Crippen LogP contribution in [0.15, 0.2) is 66.7 Å². The van der Waals surface area contributed by atoms with Gasteiger partial charge < -0.3 is 0 Å². The Bertz CT molecular complexity index is 1200. The van der Waals surface area contributed by atoms with Gasteiger partial charge in [0.05, 0.1) is 26.2 Å². The molecule has 2 amide bonds. The zero-order valence-electron chi connectivity index (χ0n) is 16.4. The smallest absolute Gasteiger partial charge is 0.239 e. The molecule has 2 bridgehead atoms. The summed E-state index contributed by atoms with van der Waals surface area (Å²) in [5, 5.41) is 0.532. The molecule has 3 aromatic carbocycles. The standard InChI is InChI=1S/C25H16Br2ClNO2/c1-13-10-11-14(12-19(13)28)29-22(30)20-21(23(29)31)25(27)16-7-3-2-6-15(16)24(20,26)17-8-4-5-9-18(17)25/h2-12,20-21H,1H3/t20-,21-,24?,25?/m0/s1. The number of anilines is 1. The minimum atomic E-state index is -0.781. The molecule has 3 nitrogen and oxygen atoms in total. The van der Waals surface area contributed by atoms with E-state index >= 15 is 0 Å². The molecule has 1 fully saturated rings. The zero-order chi connectivity index (χ0) is 21.7. The van der Waals surface area contributed by atoms with Gasteiger partial charge in [0.1, 0.15) is 0 Å². The van der Waals surface area contributed by atoms with Crippen molar-refractivity contribution < 1.29 is 9.59 Å². The number of halogens is 3. The van der Waals surface area contributed by atoms with Gasteiger partial charge in [-0.05, 0) is 46.9 Å². The van der Waals surface area contributed by atoms with Gasteiger partial charge in [-0.3, -0.25) is 9.59 Å². The van der Waals surface area contributed by atoms with E-state index < -0.39 is 20.5 Å². The monoisotopic (exact) mass is 555 g/mol. The van der Waals surface area contributed by atoms with Gasteiger partial charge in [-0.2, -0.15) is 0 Å². The summed E-state index contributed by atoms with van der Waals surface area (Å²) in [5.41, 5.74) is 5.51. The van der Waals surface area contributed by atoms with Crippen LogP contribution < -0.4 is 4.90 Å². The second-order valence-electron chi connectivity index (χ2n) is 8.42. The van der Waals surface area contributed by atoms with Gasteiger partial charge in [0, 0.05) is 5.02 Å². The van der Waals surface area contributed by atoms with E-state index in [0.717, 1.165) is 27.8 Å². The Kier molecular flexibility index (Phi) is 4.01. The summed E-state index contributed by atoms with van der Waals surface area (Å²) in [4.78, 5) is 29.2. The van der Waals surface area contributed by atoms with Crippen molar-refractivity contribution in [2.45, 2.75) is 15.6 Å². The second-order valence-corrected chi connectivity index (χ2v) is 11.3. The topological polar surface area (TPSA) is 37.4 Å². The lowest BCUT2D eigenvalue weighted by Gasteiger charge is -2.55. The van der Waals surface area contributed by atoms with Gasteiger partial charge in [-0.1, -0.05) is 98.1 Å². The molecular weight excluding hydrogens is 542 g/mol. The summed E-state index contributed by atoms with van der Waals surface area (Å²) >= 11 is 14.4. The number of benzene rings is 3. The van der Waals surface area contributed by atoms with Crippen LogP contribution >= 0.6 is 43.5 Å². The van der Waals surface area contributed by atoms with Crippen molar-refractivity contribution >= 4 is 61.0 Å². The lowest BCUT2D eigenvalue weighted by atomic mass is 9.54. The quantitative estimate of drug-likeness (QED) is 0.270. The molecule has 6 heteroatoms. The van der Waals surface area contributed by atoms with E-state index in [1.165, 1.54) is 4.90 Å². The first-order valence-corrected chi connectivity index (χ1v) is 12.0. The Balaban J connectivity index is 1.65. The summed E-state index contributed by atoms with van der Waals surface area (Å²) in [6, 6.07) is 21.5. The van der Waals surface area contributed by atoms with Crippen LogP contribution in [0, 0.1) is 18.8 Å². The normalized spacial score (nSPS) is 30.3. The van der Waals surface area contributed by atoms with E-state index in [4.69, 9.17) is 11.6 Å². The second kappa shape index (κ2) is 6.31. The molecule has 31 heavy (non-hydrogen) atoms. The molecule has 154 valence electrons. The van der Waals surface area contributed by atoms with Crippen molar-refractivity contribution in [2.24, 2.45) is 11.8 Å². The van der Waals surface area contributed by atoms with Gasteiger partial charge >= 0.3 is 0 Å². The highest BCUT2D eigenvalue weighted by Gasteiger charge is 2.72. The van der Waals surface area contributed by atoms with Crippen molar-refractivity contribution in [3.05, 3.63) is 99.6 Å². The molecule has 0 aromatic heterocycles. The van der Waals surface area contributed by atoms with E-state index in [9.17, 15) is 9.59 Å². The molecule has 0 radical (unpaired) electrons. The summed E-state index contributed by atoms with van der Waals surface area (Å²) < 4.78 is -1.56. The maximum Gasteiger partial charge on any atom is 0.239 e. The van der Waals surface area contributed by atoms with E-state index in [2.05, 4.69) is 56.1 Å². The highest BCUT2D eigenvalue weighted by molar-refractivity contribution is 9.10. The number of nitrogens with zero attached hydrogens (tertiary/aromatic N) is 1. The summed E-state index contributed by atoms with van der Waals surface area (Å²) in [7, 11) is 0.